The van der Waals surface area contributed by atoms with Crippen LogP contribution in [0.25, 0.3) is 0 Å². The number of Topliss-reactive ketones (excluding diaryl/α,β-unsaturated/α-hetero) is 1. The number of rotatable bonds is 1. The topological polar surface area (TPSA) is 98.0 Å². The highest BCUT2D eigenvalue weighted by atomic mass is 32.2. The van der Waals surface area contributed by atoms with Crippen molar-refractivity contribution in [2.45, 2.75) is 12.8 Å². The molecule has 3 N–H and O–H groups in total. The van der Waals surface area contributed by atoms with Crippen LogP contribution in [0.5, 0.6) is 0 Å². The Balaban J connectivity index is 0.000000262. The first kappa shape index (κ1) is 13.7. The Morgan fingerprint density at radius 2 is 2.27 bits per heavy atom. The summed E-state index contributed by atoms with van der Waals surface area (Å²) in [6, 6.07) is -0.114. The number of nitriles is 1. The summed E-state index contributed by atoms with van der Waals surface area (Å²) in [5, 5.41) is 19.5. The molecule has 0 amide bonds. The van der Waals surface area contributed by atoms with E-state index in [0.29, 0.717) is 5.78 Å². The third-order valence-electron chi connectivity index (χ3n) is 1.55. The quantitative estimate of drug-likeness (QED) is 0.258. The lowest BCUT2D eigenvalue weighted by atomic mass is 10.1. The summed E-state index contributed by atoms with van der Waals surface area (Å²) in [5.41, 5.74) is 0. The number of methoxy groups -OCH3 is 1. The van der Waals surface area contributed by atoms with Gasteiger partial charge in [0.1, 0.15) is 5.78 Å². The average molecular weight is 230 g/mol. The van der Waals surface area contributed by atoms with Crippen molar-refractivity contribution in [3.8, 4) is 5.40 Å². The fraction of sp³-hybridized carbons (Fsp3) is 0.625. The molecule has 0 bridgehead atoms. The van der Waals surface area contributed by atoms with Crippen LogP contribution in [-0.4, -0.2) is 32.0 Å². The normalized spacial score (nSPS) is 14.3. The lowest BCUT2D eigenvalue weighted by molar-refractivity contribution is -0.119. The number of hydrogen-bond donors (Lipinski definition) is 3. The van der Waals surface area contributed by atoms with Crippen LogP contribution in [0.2, 0.25) is 0 Å². The lowest BCUT2D eigenvalue weighted by Crippen LogP contribution is -2.27. The van der Waals surface area contributed by atoms with Gasteiger partial charge < -0.3 is 10.1 Å². The molecule has 15 heavy (non-hydrogen) atoms. The van der Waals surface area contributed by atoms with Gasteiger partial charge in [-0.3, -0.25) is 14.9 Å². The summed E-state index contributed by atoms with van der Waals surface area (Å²) >= 11 is 0.747. The van der Waals surface area contributed by atoms with Gasteiger partial charge in [0.2, 0.25) is 0 Å². The van der Waals surface area contributed by atoms with Crippen LogP contribution in [0, 0.1) is 16.1 Å². The minimum absolute atomic E-state index is 0.114. The summed E-state index contributed by atoms with van der Waals surface area (Å²) in [5.74, 6) is 0.402. The molecule has 0 aliphatic carbocycles. The smallest absolute Gasteiger partial charge is 0.292 e. The fourth-order valence-corrected chi connectivity index (χ4v) is 1.04. The minimum Gasteiger partial charge on any atom is -0.468 e. The molecule has 0 unspecified atom stereocenters. The maximum absolute atomic E-state index is 10.4. The van der Waals surface area contributed by atoms with E-state index in [4.69, 9.17) is 10.7 Å². The van der Waals surface area contributed by atoms with Crippen molar-refractivity contribution in [2.24, 2.45) is 0 Å². The number of amidine groups is 1. The Hall–Kier alpha value is -1.26. The highest BCUT2D eigenvalue weighted by Crippen LogP contribution is 1.92. The van der Waals surface area contributed by atoms with E-state index in [1.807, 2.05) is 0 Å². The third-order valence-corrected chi connectivity index (χ3v) is 1.93. The largest absolute Gasteiger partial charge is 0.468 e. The molecule has 0 spiro atoms. The second-order valence-electron chi connectivity index (χ2n) is 2.62. The molecule has 7 heteroatoms. The van der Waals surface area contributed by atoms with Crippen molar-refractivity contribution >= 4 is 23.8 Å². The van der Waals surface area contributed by atoms with Gasteiger partial charge in [-0.1, -0.05) is 0 Å². The molecular formula is C8H14N4O2S. The van der Waals surface area contributed by atoms with Crippen molar-refractivity contribution < 1.29 is 9.53 Å². The van der Waals surface area contributed by atoms with E-state index in [9.17, 15) is 4.79 Å². The van der Waals surface area contributed by atoms with Crippen LogP contribution in [0.15, 0.2) is 0 Å². The number of ether oxygens (including phenoxy) is 1. The molecule has 0 atom stereocenters. The van der Waals surface area contributed by atoms with Gasteiger partial charge in [-0.2, -0.15) is 5.26 Å². The first-order chi connectivity index (χ1) is 7.20. The molecule has 0 aromatic heterocycles. The summed E-state index contributed by atoms with van der Waals surface area (Å²) < 4.78 is 6.65. The first-order valence-electron chi connectivity index (χ1n) is 4.36. The Labute approximate surface area is 93.0 Å². The minimum atomic E-state index is -0.114. The van der Waals surface area contributed by atoms with Crippen molar-refractivity contribution in [1.29, 1.82) is 10.7 Å². The van der Waals surface area contributed by atoms with E-state index in [1.165, 1.54) is 7.11 Å². The van der Waals surface area contributed by atoms with Gasteiger partial charge >= 0.3 is 0 Å². The zero-order valence-electron chi connectivity index (χ0n) is 8.50. The number of piperidine rings is 1. The molecule has 6 nitrogen and oxygen atoms in total. The number of carbonyl (C=O) groups excluding carboxylic acids is 1. The van der Waals surface area contributed by atoms with Gasteiger partial charge in [0, 0.05) is 25.9 Å². The van der Waals surface area contributed by atoms with Gasteiger partial charge in [0.05, 0.1) is 19.1 Å². The zero-order chi connectivity index (χ0) is 11.5. The van der Waals surface area contributed by atoms with Gasteiger partial charge in [0.25, 0.3) is 6.02 Å². The van der Waals surface area contributed by atoms with Crippen LogP contribution in [0.3, 0.4) is 0 Å². The van der Waals surface area contributed by atoms with E-state index in [-0.39, 0.29) is 6.02 Å². The Kier molecular flexibility index (Phi) is 8.52. The highest BCUT2D eigenvalue weighted by Gasteiger charge is 2.04. The Morgan fingerprint density at radius 1 is 1.67 bits per heavy atom. The second kappa shape index (κ2) is 9.30. The van der Waals surface area contributed by atoms with Crippen molar-refractivity contribution in [3.63, 3.8) is 0 Å². The molecule has 0 saturated carbocycles. The van der Waals surface area contributed by atoms with Crippen LogP contribution in [0.1, 0.15) is 12.8 Å². The Morgan fingerprint density at radius 3 is 2.60 bits per heavy atom. The van der Waals surface area contributed by atoms with Crippen LogP contribution >= 0.6 is 11.9 Å². The molecule has 1 aliphatic rings. The molecule has 1 saturated heterocycles. The van der Waals surface area contributed by atoms with E-state index in [0.717, 1.165) is 37.9 Å². The SMILES string of the molecule is COC(=N)NSC#N.O=C1CCNCC1. The van der Waals surface area contributed by atoms with E-state index < -0.39 is 0 Å². The Bertz CT molecular complexity index is 244. The predicted octanol–water partition coefficient (Wildman–Crippen LogP) is 0.225. The van der Waals surface area contributed by atoms with Crippen molar-refractivity contribution in [2.75, 3.05) is 20.2 Å². The van der Waals surface area contributed by atoms with Crippen molar-refractivity contribution in [3.05, 3.63) is 0 Å². The molecular weight excluding hydrogens is 216 g/mol. The molecule has 1 rings (SSSR count). The second-order valence-corrected chi connectivity index (χ2v) is 3.21. The highest BCUT2D eigenvalue weighted by molar-refractivity contribution is 8.02. The van der Waals surface area contributed by atoms with E-state index in [2.05, 4.69) is 14.8 Å². The number of ketones is 1. The number of thiocyanates is 1. The number of nitrogens with one attached hydrogen (secondary N) is 3. The van der Waals surface area contributed by atoms with Crippen molar-refractivity contribution in [1.82, 2.24) is 10.0 Å². The third kappa shape index (κ3) is 9.05. The summed E-state index contributed by atoms with van der Waals surface area (Å²) in [7, 11) is 1.35. The number of carbonyl (C=O) groups is 1. The van der Waals surface area contributed by atoms with Gasteiger partial charge in [-0.05, 0) is 0 Å². The number of nitrogens with zero attached hydrogens (tertiary/aromatic N) is 1. The van der Waals surface area contributed by atoms with Gasteiger partial charge in [0.15, 0.2) is 5.40 Å². The molecule has 0 aromatic rings. The summed E-state index contributed by atoms with van der Waals surface area (Å²) in [6.45, 7) is 1.78. The first-order valence-corrected chi connectivity index (χ1v) is 5.18. The average Bonchev–Trinajstić information content (AvgIpc) is 2.28. The summed E-state index contributed by atoms with van der Waals surface area (Å²) in [6.07, 6.45) is 1.47. The number of hydrogen-bond acceptors (Lipinski definition) is 6. The molecule has 1 heterocycles. The van der Waals surface area contributed by atoms with E-state index in [1.54, 1.807) is 5.40 Å². The van der Waals surface area contributed by atoms with Crippen LogP contribution < -0.4 is 10.0 Å². The molecule has 84 valence electrons. The van der Waals surface area contributed by atoms with E-state index >= 15 is 0 Å². The summed E-state index contributed by atoms with van der Waals surface area (Å²) in [4.78, 5) is 10.4. The predicted molar refractivity (Wildman–Crippen MR) is 58.2 cm³/mol. The monoisotopic (exact) mass is 230 g/mol. The van der Waals surface area contributed by atoms with Gasteiger partial charge in [-0.15, -0.1) is 0 Å². The maximum Gasteiger partial charge on any atom is 0.292 e. The van der Waals surface area contributed by atoms with Crippen LogP contribution in [0.4, 0.5) is 0 Å². The lowest BCUT2D eigenvalue weighted by Gasteiger charge is -2.08. The standard InChI is InChI=1S/C5H9NO.C3H5N3OS/c7-5-1-3-6-4-2-5;1-7-3(5)6-8-2-4/h6H,1-4H2;1H3,(H2,5,6). The van der Waals surface area contributed by atoms with Crippen LogP contribution in [-0.2, 0) is 9.53 Å². The fourth-order valence-electron chi connectivity index (χ4n) is 0.816. The zero-order valence-corrected chi connectivity index (χ0v) is 9.32. The molecule has 1 fully saturated rings. The maximum atomic E-state index is 10.4. The molecule has 0 radical (unpaired) electrons. The molecule has 0 aromatic carbocycles. The molecule has 1 aliphatic heterocycles. The van der Waals surface area contributed by atoms with Gasteiger partial charge in [-0.25, -0.2) is 0 Å².